The maximum atomic E-state index is 13.3. The Hall–Kier alpha value is -3.59. The van der Waals surface area contributed by atoms with Crippen molar-refractivity contribution in [3.8, 4) is 0 Å². The van der Waals surface area contributed by atoms with Gasteiger partial charge >= 0.3 is 0 Å². The Balaban J connectivity index is 1.56. The standard InChI is InChI=1S/C20H20FN7O/c21-16-6-4-5-15(13-16)14-22-27-19-24-18(23-17-7-2-1-3-8-17)25-20(26-19)28-9-11-29-12-10-28/h1-8,13-14H,9-12H2,(H2,23,24,25,26,27)/b22-14+. The number of nitrogens with one attached hydrogen (secondary N) is 2. The third kappa shape index (κ3) is 5.23. The number of morpholine rings is 1. The van der Waals surface area contributed by atoms with Gasteiger partial charge in [0.15, 0.2) is 0 Å². The fraction of sp³-hybridized carbons (Fsp3) is 0.200. The van der Waals surface area contributed by atoms with Gasteiger partial charge in [0, 0.05) is 18.8 Å². The van der Waals surface area contributed by atoms with Gasteiger partial charge in [0.2, 0.25) is 17.8 Å². The third-order valence-corrected chi connectivity index (χ3v) is 4.17. The van der Waals surface area contributed by atoms with Gasteiger partial charge in [0.05, 0.1) is 19.4 Å². The molecule has 0 unspecified atom stereocenters. The van der Waals surface area contributed by atoms with Crippen molar-refractivity contribution in [2.45, 2.75) is 0 Å². The fourth-order valence-corrected chi connectivity index (χ4v) is 2.78. The molecule has 1 saturated heterocycles. The summed E-state index contributed by atoms with van der Waals surface area (Å²) in [6.45, 7) is 2.63. The first-order valence-electron chi connectivity index (χ1n) is 9.22. The lowest BCUT2D eigenvalue weighted by atomic mass is 10.2. The van der Waals surface area contributed by atoms with Crippen molar-refractivity contribution in [1.82, 2.24) is 15.0 Å². The van der Waals surface area contributed by atoms with Gasteiger partial charge in [-0.1, -0.05) is 30.3 Å². The zero-order chi connectivity index (χ0) is 19.9. The molecular formula is C20H20FN7O. The molecule has 0 radical (unpaired) electrons. The largest absolute Gasteiger partial charge is 0.378 e. The van der Waals surface area contributed by atoms with Crippen LogP contribution in [0.15, 0.2) is 59.7 Å². The van der Waals surface area contributed by atoms with Crippen molar-refractivity contribution in [3.63, 3.8) is 0 Å². The van der Waals surface area contributed by atoms with Crippen LogP contribution in [0.1, 0.15) is 5.56 Å². The topological polar surface area (TPSA) is 87.6 Å². The molecule has 1 aliphatic rings. The number of para-hydroxylation sites is 1. The van der Waals surface area contributed by atoms with Crippen LogP contribution >= 0.6 is 0 Å². The van der Waals surface area contributed by atoms with E-state index in [0.29, 0.717) is 43.8 Å². The summed E-state index contributed by atoms with van der Waals surface area (Å²) in [4.78, 5) is 15.4. The highest BCUT2D eigenvalue weighted by Crippen LogP contribution is 2.18. The summed E-state index contributed by atoms with van der Waals surface area (Å²) >= 11 is 0. The van der Waals surface area contributed by atoms with Crippen LogP contribution in [0, 0.1) is 5.82 Å². The summed E-state index contributed by atoms with van der Waals surface area (Å²) in [7, 11) is 0. The lowest BCUT2D eigenvalue weighted by Gasteiger charge is -2.27. The van der Waals surface area contributed by atoms with E-state index in [4.69, 9.17) is 4.74 Å². The quantitative estimate of drug-likeness (QED) is 0.492. The number of hydrazone groups is 1. The van der Waals surface area contributed by atoms with E-state index >= 15 is 0 Å². The van der Waals surface area contributed by atoms with Crippen LogP contribution in [-0.4, -0.2) is 47.5 Å². The smallest absolute Gasteiger partial charge is 0.250 e. The maximum absolute atomic E-state index is 13.3. The molecule has 3 aromatic rings. The summed E-state index contributed by atoms with van der Waals surface area (Å²) in [5, 5.41) is 7.30. The van der Waals surface area contributed by atoms with E-state index < -0.39 is 0 Å². The molecule has 0 aliphatic carbocycles. The van der Waals surface area contributed by atoms with Crippen LogP contribution in [0.25, 0.3) is 0 Å². The Morgan fingerprint density at radius 2 is 1.76 bits per heavy atom. The van der Waals surface area contributed by atoms with E-state index in [9.17, 15) is 4.39 Å². The number of benzene rings is 2. The first-order chi connectivity index (χ1) is 14.3. The second kappa shape index (κ2) is 9.07. The van der Waals surface area contributed by atoms with E-state index in [2.05, 4.69) is 30.8 Å². The molecular weight excluding hydrogens is 373 g/mol. The van der Waals surface area contributed by atoms with Crippen LogP contribution in [0.4, 0.5) is 27.9 Å². The van der Waals surface area contributed by atoms with E-state index in [-0.39, 0.29) is 11.8 Å². The number of halogens is 1. The summed E-state index contributed by atoms with van der Waals surface area (Å²) < 4.78 is 18.7. The molecule has 4 rings (SSSR count). The Kier molecular flexibility index (Phi) is 5.87. The number of nitrogens with zero attached hydrogens (tertiary/aromatic N) is 5. The molecule has 0 spiro atoms. The van der Waals surface area contributed by atoms with Gasteiger partial charge in [-0.3, -0.25) is 0 Å². The molecule has 29 heavy (non-hydrogen) atoms. The number of ether oxygens (including phenoxy) is 1. The van der Waals surface area contributed by atoms with Crippen LogP contribution in [0.3, 0.4) is 0 Å². The molecule has 2 aromatic carbocycles. The van der Waals surface area contributed by atoms with Crippen LogP contribution in [0.2, 0.25) is 0 Å². The Morgan fingerprint density at radius 3 is 2.55 bits per heavy atom. The minimum absolute atomic E-state index is 0.285. The Labute approximate surface area is 167 Å². The van der Waals surface area contributed by atoms with Gasteiger partial charge in [-0.05, 0) is 29.8 Å². The van der Waals surface area contributed by atoms with E-state index in [1.807, 2.05) is 35.2 Å². The second-order valence-corrected chi connectivity index (χ2v) is 6.30. The summed E-state index contributed by atoms with van der Waals surface area (Å²) in [5.41, 5.74) is 4.29. The van der Waals surface area contributed by atoms with Gasteiger partial charge in [-0.25, -0.2) is 9.82 Å². The average Bonchev–Trinajstić information content (AvgIpc) is 2.75. The number of hydrogen-bond acceptors (Lipinski definition) is 8. The van der Waals surface area contributed by atoms with Crippen molar-refractivity contribution < 1.29 is 9.13 Å². The zero-order valence-corrected chi connectivity index (χ0v) is 15.6. The number of aromatic nitrogens is 3. The first-order valence-corrected chi connectivity index (χ1v) is 9.22. The summed E-state index contributed by atoms with van der Waals surface area (Å²) in [6, 6.07) is 15.8. The zero-order valence-electron chi connectivity index (χ0n) is 15.6. The molecule has 0 saturated carbocycles. The summed E-state index contributed by atoms with van der Waals surface area (Å²) in [5.74, 6) is 0.895. The molecule has 0 amide bonds. The molecule has 0 bridgehead atoms. The number of hydrogen-bond donors (Lipinski definition) is 2. The predicted octanol–water partition coefficient (Wildman–Crippen LogP) is 3.04. The molecule has 9 heteroatoms. The van der Waals surface area contributed by atoms with E-state index in [0.717, 1.165) is 5.69 Å². The molecule has 1 aromatic heterocycles. The van der Waals surface area contributed by atoms with Gasteiger partial charge in [0.1, 0.15) is 5.82 Å². The highest BCUT2D eigenvalue weighted by molar-refractivity contribution is 5.79. The van der Waals surface area contributed by atoms with Crippen molar-refractivity contribution in [3.05, 3.63) is 66.0 Å². The minimum Gasteiger partial charge on any atom is -0.378 e. The van der Waals surface area contributed by atoms with Gasteiger partial charge in [-0.15, -0.1) is 0 Å². The lowest BCUT2D eigenvalue weighted by molar-refractivity contribution is 0.122. The average molecular weight is 393 g/mol. The van der Waals surface area contributed by atoms with E-state index in [1.165, 1.54) is 18.3 Å². The molecule has 8 nitrogen and oxygen atoms in total. The maximum Gasteiger partial charge on any atom is 0.250 e. The Bertz CT molecular complexity index is 978. The van der Waals surface area contributed by atoms with E-state index in [1.54, 1.807) is 12.1 Å². The van der Waals surface area contributed by atoms with Gasteiger partial charge in [0.25, 0.3) is 0 Å². The Morgan fingerprint density at radius 1 is 0.966 bits per heavy atom. The third-order valence-electron chi connectivity index (χ3n) is 4.17. The normalized spacial score (nSPS) is 14.2. The van der Waals surface area contributed by atoms with Crippen molar-refractivity contribution in [2.75, 3.05) is 41.9 Å². The summed E-state index contributed by atoms with van der Waals surface area (Å²) in [6.07, 6.45) is 1.51. The van der Waals surface area contributed by atoms with Gasteiger partial charge in [-0.2, -0.15) is 20.1 Å². The monoisotopic (exact) mass is 393 g/mol. The molecule has 1 aliphatic heterocycles. The van der Waals surface area contributed by atoms with Gasteiger partial charge < -0.3 is 15.0 Å². The fourth-order valence-electron chi connectivity index (χ4n) is 2.78. The number of rotatable bonds is 6. The first kappa shape index (κ1) is 18.8. The molecule has 0 atom stereocenters. The van der Waals surface area contributed by atoms with Crippen LogP contribution in [-0.2, 0) is 4.74 Å². The molecule has 2 heterocycles. The molecule has 1 fully saturated rings. The molecule has 148 valence electrons. The highest BCUT2D eigenvalue weighted by Gasteiger charge is 2.16. The van der Waals surface area contributed by atoms with Crippen molar-refractivity contribution >= 4 is 29.7 Å². The minimum atomic E-state index is -0.321. The predicted molar refractivity (Wildman–Crippen MR) is 110 cm³/mol. The van der Waals surface area contributed by atoms with Crippen LogP contribution in [0.5, 0.6) is 0 Å². The number of anilines is 4. The van der Waals surface area contributed by atoms with Crippen molar-refractivity contribution in [2.24, 2.45) is 5.10 Å². The SMILES string of the molecule is Fc1cccc(/C=N/Nc2nc(Nc3ccccc3)nc(N3CCOCC3)n2)c1. The van der Waals surface area contributed by atoms with Crippen LogP contribution < -0.4 is 15.6 Å². The second-order valence-electron chi connectivity index (χ2n) is 6.30. The highest BCUT2D eigenvalue weighted by atomic mass is 19.1. The lowest BCUT2D eigenvalue weighted by Crippen LogP contribution is -2.37. The molecule has 2 N–H and O–H groups in total. The van der Waals surface area contributed by atoms with Crippen molar-refractivity contribution in [1.29, 1.82) is 0 Å².